The Balaban J connectivity index is 2.36. The largest absolute Gasteiger partial charge is 0.466 e. The van der Waals surface area contributed by atoms with Crippen LogP contribution in [0.4, 0.5) is 4.39 Å². The number of ether oxygens (including phenoxy) is 1. The summed E-state index contributed by atoms with van der Waals surface area (Å²) in [4.78, 5) is 11.3. The molecule has 1 aliphatic rings. The predicted molar refractivity (Wildman–Crippen MR) is 48.1 cm³/mol. The van der Waals surface area contributed by atoms with Gasteiger partial charge in [-0.05, 0) is 39.5 Å². The van der Waals surface area contributed by atoms with Crippen LogP contribution in [0.5, 0.6) is 0 Å². The first kappa shape index (κ1) is 10.5. The summed E-state index contributed by atoms with van der Waals surface area (Å²) in [6.45, 7) is 3.82. The van der Waals surface area contributed by atoms with Crippen LogP contribution in [-0.4, -0.2) is 18.2 Å². The number of alkyl halides is 1. The van der Waals surface area contributed by atoms with E-state index in [0.29, 0.717) is 32.3 Å². The number of halogens is 1. The summed E-state index contributed by atoms with van der Waals surface area (Å²) in [5.41, 5.74) is -1.07. The van der Waals surface area contributed by atoms with E-state index in [-0.39, 0.29) is 11.9 Å². The number of carbonyl (C=O) groups is 1. The minimum atomic E-state index is -1.07. The minimum Gasteiger partial charge on any atom is -0.466 e. The molecule has 0 aromatic carbocycles. The molecule has 0 spiro atoms. The smallest absolute Gasteiger partial charge is 0.308 e. The third-order valence-electron chi connectivity index (χ3n) is 2.65. The highest BCUT2D eigenvalue weighted by molar-refractivity contribution is 5.72. The van der Waals surface area contributed by atoms with Gasteiger partial charge in [0.25, 0.3) is 0 Å². The predicted octanol–water partition coefficient (Wildman–Crippen LogP) is 2.47. The Bertz CT molecular complexity index is 179. The first-order valence-electron chi connectivity index (χ1n) is 4.91. The molecule has 0 aromatic rings. The summed E-state index contributed by atoms with van der Waals surface area (Å²) >= 11 is 0. The summed E-state index contributed by atoms with van der Waals surface area (Å²) in [5.74, 6) is -0.221. The molecule has 1 saturated carbocycles. The van der Waals surface area contributed by atoms with Crippen molar-refractivity contribution in [3.63, 3.8) is 0 Å². The van der Waals surface area contributed by atoms with Crippen LogP contribution in [0.25, 0.3) is 0 Å². The standard InChI is InChI=1S/C10H17FO2/c1-3-13-9(12)8-4-6-10(2,11)7-5-8/h8H,3-7H2,1-2H3/t8-,10+. The zero-order chi connectivity index (χ0) is 9.90. The van der Waals surface area contributed by atoms with E-state index >= 15 is 0 Å². The van der Waals surface area contributed by atoms with Crippen LogP contribution in [0, 0.1) is 5.92 Å². The average Bonchev–Trinajstić information content (AvgIpc) is 2.04. The maximum absolute atomic E-state index is 13.3. The fraction of sp³-hybridized carbons (Fsp3) is 0.900. The number of hydrogen-bond donors (Lipinski definition) is 0. The summed E-state index contributed by atoms with van der Waals surface area (Å²) in [7, 11) is 0. The van der Waals surface area contributed by atoms with Gasteiger partial charge >= 0.3 is 5.97 Å². The molecule has 0 atom stereocenters. The molecule has 13 heavy (non-hydrogen) atoms. The third-order valence-corrected chi connectivity index (χ3v) is 2.65. The van der Waals surface area contributed by atoms with Crippen molar-refractivity contribution in [2.75, 3.05) is 6.61 Å². The second-order valence-electron chi connectivity index (χ2n) is 3.94. The molecule has 0 heterocycles. The van der Waals surface area contributed by atoms with Crippen molar-refractivity contribution >= 4 is 5.97 Å². The molecule has 0 bridgehead atoms. The van der Waals surface area contributed by atoms with Gasteiger partial charge in [-0.15, -0.1) is 0 Å². The average molecular weight is 188 g/mol. The Hall–Kier alpha value is -0.600. The van der Waals surface area contributed by atoms with E-state index in [2.05, 4.69) is 0 Å². The molecule has 2 nitrogen and oxygen atoms in total. The lowest BCUT2D eigenvalue weighted by Gasteiger charge is -2.29. The zero-order valence-electron chi connectivity index (χ0n) is 8.31. The second-order valence-corrected chi connectivity index (χ2v) is 3.94. The van der Waals surface area contributed by atoms with Crippen molar-refractivity contribution in [2.24, 2.45) is 5.92 Å². The van der Waals surface area contributed by atoms with Crippen molar-refractivity contribution in [1.82, 2.24) is 0 Å². The molecule has 0 amide bonds. The first-order chi connectivity index (χ1) is 6.05. The van der Waals surface area contributed by atoms with Crippen LogP contribution >= 0.6 is 0 Å². The highest BCUT2D eigenvalue weighted by atomic mass is 19.1. The van der Waals surface area contributed by atoms with Gasteiger partial charge in [0.1, 0.15) is 5.67 Å². The van der Waals surface area contributed by atoms with Crippen molar-refractivity contribution < 1.29 is 13.9 Å². The van der Waals surface area contributed by atoms with Crippen LogP contribution < -0.4 is 0 Å². The molecule has 1 rings (SSSR count). The quantitative estimate of drug-likeness (QED) is 0.622. The van der Waals surface area contributed by atoms with E-state index in [1.54, 1.807) is 13.8 Å². The molecular weight excluding hydrogens is 171 g/mol. The molecule has 0 aliphatic heterocycles. The fourth-order valence-corrected chi connectivity index (χ4v) is 1.72. The topological polar surface area (TPSA) is 26.3 Å². The van der Waals surface area contributed by atoms with E-state index in [1.165, 1.54) is 0 Å². The van der Waals surface area contributed by atoms with Gasteiger partial charge < -0.3 is 4.74 Å². The van der Waals surface area contributed by atoms with Crippen molar-refractivity contribution in [3.05, 3.63) is 0 Å². The normalized spacial score (nSPS) is 34.2. The molecule has 0 radical (unpaired) electrons. The van der Waals surface area contributed by atoms with Gasteiger partial charge in [0.15, 0.2) is 0 Å². The van der Waals surface area contributed by atoms with Crippen LogP contribution in [0.1, 0.15) is 39.5 Å². The van der Waals surface area contributed by atoms with Crippen LogP contribution in [0.2, 0.25) is 0 Å². The van der Waals surface area contributed by atoms with Crippen LogP contribution in [-0.2, 0) is 9.53 Å². The lowest BCUT2D eigenvalue weighted by molar-refractivity contribution is -0.150. The maximum Gasteiger partial charge on any atom is 0.308 e. The Labute approximate surface area is 78.5 Å². The van der Waals surface area contributed by atoms with Gasteiger partial charge in [-0.2, -0.15) is 0 Å². The van der Waals surface area contributed by atoms with Gasteiger partial charge in [0.2, 0.25) is 0 Å². The molecule has 1 fully saturated rings. The number of hydrogen-bond acceptors (Lipinski definition) is 2. The van der Waals surface area contributed by atoms with Crippen molar-refractivity contribution in [2.45, 2.75) is 45.2 Å². The highest BCUT2D eigenvalue weighted by Crippen LogP contribution is 2.34. The third kappa shape index (κ3) is 2.98. The molecule has 3 heteroatoms. The Morgan fingerprint density at radius 2 is 2.08 bits per heavy atom. The number of carbonyl (C=O) groups excluding carboxylic acids is 1. The Kier molecular flexibility index (Phi) is 3.28. The molecular formula is C10H17FO2. The molecule has 76 valence electrons. The van der Waals surface area contributed by atoms with Crippen molar-refractivity contribution in [3.8, 4) is 0 Å². The molecule has 0 aromatic heterocycles. The lowest BCUT2D eigenvalue weighted by Crippen LogP contribution is -2.30. The minimum absolute atomic E-state index is 0.0659. The fourth-order valence-electron chi connectivity index (χ4n) is 1.72. The van der Waals surface area contributed by atoms with Crippen LogP contribution in [0.15, 0.2) is 0 Å². The number of rotatable bonds is 2. The molecule has 0 N–H and O–H groups in total. The van der Waals surface area contributed by atoms with E-state index in [4.69, 9.17) is 4.74 Å². The number of esters is 1. The van der Waals surface area contributed by atoms with E-state index in [1.807, 2.05) is 0 Å². The van der Waals surface area contributed by atoms with Gasteiger partial charge in [0, 0.05) is 0 Å². The van der Waals surface area contributed by atoms with Gasteiger partial charge in [-0.1, -0.05) is 0 Å². The summed E-state index contributed by atoms with van der Waals surface area (Å²) in [5, 5.41) is 0. The molecule has 0 unspecified atom stereocenters. The Morgan fingerprint density at radius 3 is 2.54 bits per heavy atom. The van der Waals surface area contributed by atoms with E-state index in [0.717, 1.165) is 0 Å². The zero-order valence-corrected chi connectivity index (χ0v) is 8.31. The summed E-state index contributed by atoms with van der Waals surface area (Å²) in [6.07, 6.45) is 2.23. The van der Waals surface area contributed by atoms with E-state index in [9.17, 15) is 9.18 Å². The van der Waals surface area contributed by atoms with Gasteiger partial charge in [-0.3, -0.25) is 4.79 Å². The monoisotopic (exact) mass is 188 g/mol. The van der Waals surface area contributed by atoms with Crippen LogP contribution in [0.3, 0.4) is 0 Å². The lowest BCUT2D eigenvalue weighted by atomic mass is 9.81. The summed E-state index contributed by atoms with van der Waals surface area (Å²) in [6, 6.07) is 0. The first-order valence-corrected chi connectivity index (χ1v) is 4.91. The SMILES string of the molecule is CCOC(=O)[C@H]1CC[C@@](C)(F)CC1. The maximum atomic E-state index is 13.3. The van der Waals surface area contributed by atoms with Gasteiger partial charge in [0.05, 0.1) is 12.5 Å². The van der Waals surface area contributed by atoms with Crippen molar-refractivity contribution in [1.29, 1.82) is 0 Å². The molecule has 0 saturated heterocycles. The Morgan fingerprint density at radius 1 is 1.54 bits per heavy atom. The molecule has 1 aliphatic carbocycles. The highest BCUT2D eigenvalue weighted by Gasteiger charge is 2.34. The van der Waals surface area contributed by atoms with E-state index < -0.39 is 5.67 Å². The second kappa shape index (κ2) is 4.07. The van der Waals surface area contributed by atoms with Gasteiger partial charge in [-0.25, -0.2) is 4.39 Å². The summed E-state index contributed by atoms with van der Waals surface area (Å²) < 4.78 is 18.2.